The monoisotopic (exact) mass is 490 g/mol. The second kappa shape index (κ2) is 9.54. The first-order valence-corrected chi connectivity index (χ1v) is 11.8. The number of nitrogens with zero attached hydrogens (tertiary/aromatic N) is 3. The molecule has 2 heterocycles. The Morgan fingerprint density at radius 3 is 2.46 bits per heavy atom. The van der Waals surface area contributed by atoms with Gasteiger partial charge in [0.05, 0.1) is 18.5 Å². The number of ether oxygens (including phenoxy) is 2. The minimum Gasteiger partial charge on any atom is -0.496 e. The highest BCUT2D eigenvalue weighted by molar-refractivity contribution is 7.80. The quantitative estimate of drug-likeness (QED) is 0.393. The van der Waals surface area contributed by atoms with Crippen LogP contribution in [0.15, 0.2) is 54.4 Å². The van der Waals surface area contributed by atoms with Crippen molar-refractivity contribution < 1.29 is 14.3 Å². The molecule has 1 aromatic heterocycles. The molecule has 0 saturated carbocycles. The van der Waals surface area contributed by atoms with Gasteiger partial charge in [-0.3, -0.25) is 9.48 Å². The summed E-state index contributed by atoms with van der Waals surface area (Å²) in [6.07, 6.45) is 3.56. The third kappa shape index (κ3) is 5.22. The molecule has 2 aromatic carbocycles. The smallest absolute Gasteiger partial charge is 0.281 e. The molecule has 1 amide bonds. The van der Waals surface area contributed by atoms with Gasteiger partial charge in [-0.1, -0.05) is 39.0 Å². The van der Waals surface area contributed by atoms with Gasteiger partial charge in [-0.05, 0) is 66.0 Å². The number of aryl methyl sites for hydroxylation is 2. The van der Waals surface area contributed by atoms with Crippen LogP contribution < -0.4 is 19.7 Å². The number of carbonyl (C=O) groups excluding carboxylic acids is 1. The maximum atomic E-state index is 13.1. The van der Waals surface area contributed by atoms with Crippen molar-refractivity contribution in [2.75, 3.05) is 12.0 Å². The van der Waals surface area contributed by atoms with Gasteiger partial charge in [0.2, 0.25) is 0 Å². The highest BCUT2D eigenvalue weighted by Crippen LogP contribution is 2.28. The number of carbonyl (C=O) groups is 1. The van der Waals surface area contributed by atoms with Crippen LogP contribution in [0.25, 0.3) is 6.08 Å². The molecule has 0 spiro atoms. The molecule has 35 heavy (non-hydrogen) atoms. The number of methoxy groups -OCH3 is 1. The van der Waals surface area contributed by atoms with E-state index in [9.17, 15) is 4.79 Å². The zero-order valence-electron chi connectivity index (χ0n) is 20.9. The molecule has 1 fully saturated rings. The molecule has 8 heteroatoms. The van der Waals surface area contributed by atoms with Gasteiger partial charge in [-0.2, -0.15) is 5.10 Å². The van der Waals surface area contributed by atoms with E-state index >= 15 is 0 Å². The zero-order chi connectivity index (χ0) is 25.3. The van der Waals surface area contributed by atoms with Crippen molar-refractivity contribution in [1.29, 1.82) is 0 Å². The van der Waals surface area contributed by atoms with Crippen LogP contribution in [0, 0.1) is 6.92 Å². The Morgan fingerprint density at radius 2 is 1.86 bits per heavy atom. The first-order chi connectivity index (χ1) is 16.6. The second-order valence-electron chi connectivity index (χ2n) is 9.54. The fourth-order valence-corrected chi connectivity index (χ4v) is 4.23. The van der Waals surface area contributed by atoms with E-state index in [1.54, 1.807) is 24.1 Å². The summed E-state index contributed by atoms with van der Waals surface area (Å²) in [6, 6.07) is 13.8. The molecule has 0 atom stereocenters. The lowest BCUT2D eigenvalue weighted by Gasteiger charge is -2.19. The van der Waals surface area contributed by atoms with E-state index < -0.39 is 0 Å². The minimum atomic E-state index is -0.223. The van der Waals surface area contributed by atoms with E-state index in [0.717, 1.165) is 22.6 Å². The first-order valence-electron chi connectivity index (χ1n) is 11.3. The van der Waals surface area contributed by atoms with Crippen molar-refractivity contribution in [3.8, 4) is 11.5 Å². The maximum Gasteiger partial charge on any atom is 0.281 e. The lowest BCUT2D eigenvalue weighted by Crippen LogP contribution is -2.30. The summed E-state index contributed by atoms with van der Waals surface area (Å²) in [5.74, 6) is 1.27. The maximum absolute atomic E-state index is 13.1. The normalized spacial score (nSPS) is 15.0. The van der Waals surface area contributed by atoms with Gasteiger partial charge in [0, 0.05) is 18.8 Å². The van der Waals surface area contributed by atoms with Crippen LogP contribution in [0.1, 0.15) is 43.2 Å². The highest BCUT2D eigenvalue weighted by Gasteiger charge is 2.33. The molecule has 1 aliphatic heterocycles. The van der Waals surface area contributed by atoms with E-state index in [1.165, 1.54) is 10.5 Å². The number of rotatable bonds is 6. The molecule has 0 aliphatic carbocycles. The Hall–Kier alpha value is -3.65. The van der Waals surface area contributed by atoms with Gasteiger partial charge in [-0.25, -0.2) is 4.90 Å². The Labute approximate surface area is 211 Å². The number of aromatic nitrogens is 2. The van der Waals surface area contributed by atoms with Gasteiger partial charge in [-0.15, -0.1) is 0 Å². The number of nitrogens with one attached hydrogen (secondary N) is 1. The predicted molar refractivity (Wildman–Crippen MR) is 142 cm³/mol. The van der Waals surface area contributed by atoms with Crippen LogP contribution in [-0.4, -0.2) is 27.9 Å². The molecular weight excluding hydrogens is 460 g/mol. The van der Waals surface area contributed by atoms with Gasteiger partial charge < -0.3 is 14.8 Å². The lowest BCUT2D eigenvalue weighted by molar-refractivity contribution is -0.113. The van der Waals surface area contributed by atoms with Crippen molar-refractivity contribution in [3.63, 3.8) is 0 Å². The van der Waals surface area contributed by atoms with E-state index in [4.69, 9.17) is 21.7 Å². The number of thiocarbonyl (C=S) groups is 1. The summed E-state index contributed by atoms with van der Waals surface area (Å²) < 4.78 is 13.2. The van der Waals surface area contributed by atoms with Gasteiger partial charge in [0.1, 0.15) is 23.8 Å². The molecule has 7 nitrogen and oxygen atoms in total. The third-order valence-electron chi connectivity index (χ3n) is 5.84. The van der Waals surface area contributed by atoms with Crippen LogP contribution >= 0.6 is 12.2 Å². The molecule has 0 unspecified atom stereocenters. The molecular formula is C27H30N4O3S. The zero-order valence-corrected chi connectivity index (χ0v) is 21.7. The number of amides is 1. The summed E-state index contributed by atoms with van der Waals surface area (Å²) in [6.45, 7) is 8.72. The Bertz CT molecular complexity index is 1300. The molecule has 1 saturated heterocycles. The van der Waals surface area contributed by atoms with E-state index in [0.29, 0.717) is 28.9 Å². The highest BCUT2D eigenvalue weighted by atomic mass is 32.1. The SMILES string of the molecule is COc1ccc(/C=C2/NC(=S)N(c3cn(C)nc3C)C2=O)cc1COc1ccc(C(C)(C)C)cc1. The fourth-order valence-electron chi connectivity index (χ4n) is 3.94. The second-order valence-corrected chi connectivity index (χ2v) is 9.92. The van der Waals surface area contributed by atoms with Crippen LogP contribution in [-0.2, 0) is 23.9 Å². The summed E-state index contributed by atoms with van der Waals surface area (Å²) >= 11 is 5.43. The molecule has 1 N–H and O–H groups in total. The van der Waals surface area contributed by atoms with Crippen molar-refractivity contribution in [2.45, 2.75) is 39.7 Å². The topological polar surface area (TPSA) is 68.6 Å². The van der Waals surface area contributed by atoms with Crippen LogP contribution in [0.3, 0.4) is 0 Å². The average molecular weight is 491 g/mol. The van der Waals surface area contributed by atoms with Crippen molar-refractivity contribution in [2.24, 2.45) is 7.05 Å². The van der Waals surface area contributed by atoms with Gasteiger partial charge >= 0.3 is 0 Å². The standard InChI is InChI=1S/C27H30N4O3S/c1-17-23(15-30(5)29-17)31-25(32)22(28-26(31)35)14-18-7-12-24(33-6)19(13-18)16-34-21-10-8-20(9-11-21)27(2,3)4/h7-15H,16H2,1-6H3,(H,28,35)/b22-14+. The lowest BCUT2D eigenvalue weighted by atomic mass is 9.87. The van der Waals surface area contributed by atoms with Gasteiger partial charge in [0.25, 0.3) is 5.91 Å². The minimum absolute atomic E-state index is 0.0862. The third-order valence-corrected chi connectivity index (χ3v) is 6.12. The van der Waals surface area contributed by atoms with Crippen molar-refractivity contribution in [3.05, 3.63) is 76.7 Å². The van der Waals surface area contributed by atoms with Crippen LogP contribution in [0.4, 0.5) is 5.69 Å². The van der Waals surface area contributed by atoms with Crippen LogP contribution in [0.2, 0.25) is 0 Å². The molecule has 4 rings (SSSR count). The summed E-state index contributed by atoms with van der Waals surface area (Å²) in [5.41, 5.74) is 4.82. The predicted octanol–water partition coefficient (Wildman–Crippen LogP) is 4.88. The largest absolute Gasteiger partial charge is 0.496 e. The summed E-state index contributed by atoms with van der Waals surface area (Å²) in [5, 5.41) is 7.67. The molecule has 3 aromatic rings. The van der Waals surface area contributed by atoms with Gasteiger partial charge in [0.15, 0.2) is 5.11 Å². The van der Waals surface area contributed by atoms with Crippen molar-refractivity contribution >= 4 is 35.0 Å². The molecule has 0 bridgehead atoms. The molecule has 1 aliphatic rings. The number of anilines is 1. The Morgan fingerprint density at radius 1 is 1.14 bits per heavy atom. The van der Waals surface area contributed by atoms with E-state index in [2.05, 4.69) is 43.3 Å². The Kier molecular flexibility index (Phi) is 6.67. The van der Waals surface area contributed by atoms with Crippen LogP contribution in [0.5, 0.6) is 11.5 Å². The van der Waals surface area contributed by atoms with Crippen molar-refractivity contribution in [1.82, 2.24) is 15.1 Å². The van der Waals surface area contributed by atoms with E-state index in [1.807, 2.05) is 44.3 Å². The number of hydrogen-bond donors (Lipinski definition) is 1. The first kappa shape index (κ1) is 24.5. The molecule has 182 valence electrons. The number of benzene rings is 2. The van der Waals surface area contributed by atoms with E-state index in [-0.39, 0.29) is 11.3 Å². The average Bonchev–Trinajstić information content (AvgIpc) is 3.28. The molecule has 0 radical (unpaired) electrons. The Balaban J connectivity index is 1.54. The number of hydrogen-bond acceptors (Lipinski definition) is 5. The fraction of sp³-hybridized carbons (Fsp3) is 0.296. The summed E-state index contributed by atoms with van der Waals surface area (Å²) in [4.78, 5) is 14.6. The summed E-state index contributed by atoms with van der Waals surface area (Å²) in [7, 11) is 3.44.